The molecule has 6 heteroatoms. The molecular weight excluding hydrogens is 320 g/mol. The minimum absolute atomic E-state index is 0.0298. The number of amides is 1. The first-order chi connectivity index (χ1) is 10.8. The Kier molecular flexibility index (Phi) is 5.28. The summed E-state index contributed by atoms with van der Waals surface area (Å²) < 4.78 is 26.6. The van der Waals surface area contributed by atoms with E-state index >= 15 is 0 Å². The Morgan fingerprint density at radius 2 is 2.13 bits per heavy atom. The lowest BCUT2D eigenvalue weighted by Gasteiger charge is -2.21. The Bertz CT molecular complexity index is 724. The molecule has 0 bridgehead atoms. The SMILES string of the molecule is C/C(=C/C(=O)NCC(C)(O)c1cccs1)c1ccc(F)cc1F. The van der Waals surface area contributed by atoms with Gasteiger partial charge in [-0.05, 0) is 43.0 Å². The summed E-state index contributed by atoms with van der Waals surface area (Å²) in [7, 11) is 0. The van der Waals surface area contributed by atoms with Crippen molar-refractivity contribution in [3.63, 3.8) is 0 Å². The molecule has 1 atom stereocenters. The van der Waals surface area contributed by atoms with Crippen molar-refractivity contribution in [1.29, 1.82) is 0 Å². The van der Waals surface area contributed by atoms with Crippen LogP contribution in [0.3, 0.4) is 0 Å². The maximum Gasteiger partial charge on any atom is 0.244 e. The minimum Gasteiger partial charge on any atom is -0.383 e. The summed E-state index contributed by atoms with van der Waals surface area (Å²) in [4.78, 5) is 12.7. The van der Waals surface area contributed by atoms with Gasteiger partial charge in [-0.2, -0.15) is 0 Å². The predicted octanol–water partition coefficient (Wildman–Crippen LogP) is 3.45. The molecule has 2 N–H and O–H groups in total. The molecule has 0 fully saturated rings. The van der Waals surface area contributed by atoms with Crippen LogP contribution < -0.4 is 5.32 Å². The van der Waals surface area contributed by atoms with E-state index in [1.807, 2.05) is 11.4 Å². The highest BCUT2D eigenvalue weighted by molar-refractivity contribution is 7.10. The molecule has 0 aliphatic carbocycles. The molecule has 1 unspecified atom stereocenters. The average Bonchev–Trinajstić information content (AvgIpc) is 3.00. The van der Waals surface area contributed by atoms with Crippen LogP contribution in [-0.4, -0.2) is 17.6 Å². The van der Waals surface area contributed by atoms with Crippen LogP contribution in [0, 0.1) is 11.6 Å². The Morgan fingerprint density at radius 3 is 2.74 bits per heavy atom. The van der Waals surface area contributed by atoms with Crippen LogP contribution in [0.4, 0.5) is 8.78 Å². The molecule has 2 aromatic rings. The zero-order chi connectivity index (χ0) is 17.0. The highest BCUT2D eigenvalue weighted by atomic mass is 32.1. The van der Waals surface area contributed by atoms with Gasteiger partial charge in [-0.25, -0.2) is 8.78 Å². The third-order valence-electron chi connectivity index (χ3n) is 3.36. The lowest BCUT2D eigenvalue weighted by Crippen LogP contribution is -2.37. The number of allylic oxidation sites excluding steroid dienone is 1. The number of nitrogens with one attached hydrogen (secondary N) is 1. The summed E-state index contributed by atoms with van der Waals surface area (Å²) in [5, 5.41) is 14.8. The summed E-state index contributed by atoms with van der Waals surface area (Å²) >= 11 is 1.39. The third-order valence-corrected chi connectivity index (χ3v) is 4.49. The standard InChI is InChI=1S/C17H17F2NO2S/c1-11(13-6-5-12(18)9-14(13)19)8-16(21)20-10-17(2,22)15-4-3-7-23-15/h3-9,22H,10H2,1-2H3,(H,20,21)/b11-8-. The summed E-state index contributed by atoms with van der Waals surface area (Å²) in [6.45, 7) is 3.20. The first-order valence-electron chi connectivity index (χ1n) is 6.97. The van der Waals surface area contributed by atoms with Crippen molar-refractivity contribution in [2.75, 3.05) is 6.54 Å². The van der Waals surface area contributed by atoms with Gasteiger partial charge >= 0.3 is 0 Å². The number of benzene rings is 1. The van der Waals surface area contributed by atoms with Gasteiger partial charge in [0.25, 0.3) is 0 Å². The number of carbonyl (C=O) groups excluding carboxylic acids is 1. The van der Waals surface area contributed by atoms with Crippen LogP contribution in [-0.2, 0) is 10.4 Å². The van der Waals surface area contributed by atoms with Crippen molar-refractivity contribution < 1.29 is 18.7 Å². The topological polar surface area (TPSA) is 49.3 Å². The minimum atomic E-state index is -1.17. The van der Waals surface area contributed by atoms with E-state index in [2.05, 4.69) is 5.32 Å². The van der Waals surface area contributed by atoms with Gasteiger partial charge < -0.3 is 10.4 Å². The van der Waals surface area contributed by atoms with Crippen LogP contribution in [0.15, 0.2) is 41.8 Å². The monoisotopic (exact) mass is 337 g/mol. The average molecular weight is 337 g/mol. The summed E-state index contributed by atoms with van der Waals surface area (Å²) in [5.74, 6) is -1.85. The van der Waals surface area contributed by atoms with Gasteiger partial charge in [-0.15, -0.1) is 11.3 Å². The number of aliphatic hydroxyl groups is 1. The van der Waals surface area contributed by atoms with E-state index in [-0.39, 0.29) is 12.1 Å². The van der Waals surface area contributed by atoms with E-state index in [1.54, 1.807) is 19.9 Å². The molecule has 0 aliphatic heterocycles. The molecule has 122 valence electrons. The maximum atomic E-state index is 13.7. The summed E-state index contributed by atoms with van der Waals surface area (Å²) in [6, 6.07) is 6.79. The van der Waals surface area contributed by atoms with E-state index in [9.17, 15) is 18.7 Å². The number of hydrogen-bond acceptors (Lipinski definition) is 3. The highest BCUT2D eigenvalue weighted by Gasteiger charge is 2.24. The first kappa shape index (κ1) is 17.3. The summed E-state index contributed by atoms with van der Waals surface area (Å²) in [6.07, 6.45) is 1.22. The number of halogens is 2. The third kappa shape index (κ3) is 4.46. The van der Waals surface area contributed by atoms with Crippen molar-refractivity contribution in [3.05, 3.63) is 63.9 Å². The number of rotatable bonds is 5. The quantitative estimate of drug-likeness (QED) is 0.821. The smallest absolute Gasteiger partial charge is 0.244 e. The van der Waals surface area contributed by atoms with Crippen molar-refractivity contribution in [2.45, 2.75) is 19.4 Å². The molecule has 1 aromatic heterocycles. The van der Waals surface area contributed by atoms with Gasteiger partial charge in [-0.3, -0.25) is 4.79 Å². The van der Waals surface area contributed by atoms with Gasteiger partial charge in [0.1, 0.15) is 17.2 Å². The van der Waals surface area contributed by atoms with E-state index in [0.29, 0.717) is 5.57 Å². The fourth-order valence-corrected chi connectivity index (χ4v) is 2.85. The van der Waals surface area contributed by atoms with Crippen LogP contribution >= 0.6 is 11.3 Å². The van der Waals surface area contributed by atoms with Crippen LogP contribution in [0.1, 0.15) is 24.3 Å². The normalized spacial score (nSPS) is 14.4. The van der Waals surface area contributed by atoms with Crippen molar-refractivity contribution >= 4 is 22.8 Å². The second-order valence-corrected chi connectivity index (χ2v) is 6.37. The second kappa shape index (κ2) is 7.02. The number of carbonyl (C=O) groups is 1. The number of thiophene rings is 1. The van der Waals surface area contributed by atoms with Crippen molar-refractivity contribution in [3.8, 4) is 0 Å². The van der Waals surface area contributed by atoms with E-state index in [0.717, 1.165) is 17.0 Å². The molecule has 1 amide bonds. The molecule has 2 rings (SSSR count). The fourth-order valence-electron chi connectivity index (χ4n) is 2.07. The molecule has 0 radical (unpaired) electrons. The second-order valence-electron chi connectivity index (χ2n) is 5.42. The molecule has 0 saturated heterocycles. The number of hydrogen-bond donors (Lipinski definition) is 2. The van der Waals surface area contributed by atoms with Gasteiger partial charge in [-0.1, -0.05) is 6.07 Å². The Hall–Kier alpha value is -2.05. The predicted molar refractivity (Wildman–Crippen MR) is 86.9 cm³/mol. The Balaban J connectivity index is 2.03. The molecule has 1 heterocycles. The van der Waals surface area contributed by atoms with E-state index in [4.69, 9.17) is 0 Å². The maximum absolute atomic E-state index is 13.7. The van der Waals surface area contributed by atoms with Gasteiger partial charge in [0.15, 0.2) is 0 Å². The van der Waals surface area contributed by atoms with Gasteiger partial charge in [0.05, 0.1) is 6.54 Å². The van der Waals surface area contributed by atoms with Crippen molar-refractivity contribution in [2.24, 2.45) is 0 Å². The molecule has 0 aliphatic rings. The molecule has 23 heavy (non-hydrogen) atoms. The van der Waals surface area contributed by atoms with Crippen LogP contribution in [0.5, 0.6) is 0 Å². The zero-order valence-corrected chi connectivity index (χ0v) is 13.6. The van der Waals surface area contributed by atoms with Gasteiger partial charge in [0.2, 0.25) is 5.91 Å². The summed E-state index contributed by atoms with van der Waals surface area (Å²) in [5.41, 5.74) is -0.644. The molecular formula is C17H17F2NO2S. The Labute approximate surface area is 137 Å². The van der Waals surface area contributed by atoms with Gasteiger partial charge in [0, 0.05) is 22.6 Å². The van der Waals surface area contributed by atoms with Crippen LogP contribution in [0.2, 0.25) is 0 Å². The lowest BCUT2D eigenvalue weighted by atomic mass is 10.0. The molecule has 0 saturated carbocycles. The first-order valence-corrected chi connectivity index (χ1v) is 7.85. The van der Waals surface area contributed by atoms with Crippen LogP contribution in [0.25, 0.3) is 5.57 Å². The highest BCUT2D eigenvalue weighted by Crippen LogP contribution is 2.24. The van der Waals surface area contributed by atoms with Crippen molar-refractivity contribution in [1.82, 2.24) is 5.32 Å². The molecule has 0 spiro atoms. The van der Waals surface area contributed by atoms with E-state index < -0.39 is 23.1 Å². The zero-order valence-electron chi connectivity index (χ0n) is 12.8. The lowest BCUT2D eigenvalue weighted by molar-refractivity contribution is -0.117. The molecule has 3 nitrogen and oxygen atoms in total. The van der Waals surface area contributed by atoms with E-state index in [1.165, 1.54) is 23.5 Å². The molecule has 1 aromatic carbocycles. The Morgan fingerprint density at radius 1 is 1.39 bits per heavy atom. The fraction of sp³-hybridized carbons (Fsp3) is 0.235. The largest absolute Gasteiger partial charge is 0.383 e.